The van der Waals surface area contributed by atoms with Gasteiger partial charge in [-0.25, -0.2) is 0 Å². The summed E-state index contributed by atoms with van der Waals surface area (Å²) in [6.45, 7) is 0.161. The molecule has 0 saturated heterocycles. The van der Waals surface area contributed by atoms with Gasteiger partial charge in [0.05, 0.1) is 19.4 Å². The first-order valence-electron chi connectivity index (χ1n) is 10.9. The molecule has 1 aliphatic carbocycles. The smallest absolute Gasteiger partial charge is 0.287 e. The molecule has 3 rings (SSSR count). The van der Waals surface area contributed by atoms with Crippen molar-refractivity contribution in [3.05, 3.63) is 54.2 Å². The van der Waals surface area contributed by atoms with E-state index in [4.69, 9.17) is 9.15 Å². The Labute approximate surface area is 187 Å². The van der Waals surface area contributed by atoms with E-state index in [1.54, 1.807) is 30.6 Å². The van der Waals surface area contributed by atoms with E-state index in [-0.39, 0.29) is 37.4 Å². The van der Waals surface area contributed by atoms with E-state index in [9.17, 15) is 14.4 Å². The van der Waals surface area contributed by atoms with Crippen molar-refractivity contribution in [3.63, 3.8) is 0 Å². The van der Waals surface area contributed by atoms with Crippen LogP contribution < -0.4 is 10.6 Å². The molecule has 3 amide bonds. The number of methoxy groups -OCH3 is 1. The van der Waals surface area contributed by atoms with Crippen molar-refractivity contribution in [2.24, 2.45) is 0 Å². The number of nitrogens with zero attached hydrogens (tertiary/aromatic N) is 2. The van der Waals surface area contributed by atoms with Gasteiger partial charge in [0.25, 0.3) is 5.91 Å². The Kier molecular flexibility index (Phi) is 8.79. The van der Waals surface area contributed by atoms with E-state index in [0.29, 0.717) is 5.56 Å². The Morgan fingerprint density at radius 1 is 1.19 bits per heavy atom. The lowest BCUT2D eigenvalue weighted by molar-refractivity contribution is -0.141. The van der Waals surface area contributed by atoms with Gasteiger partial charge in [-0.05, 0) is 42.7 Å². The second kappa shape index (κ2) is 12.0. The highest BCUT2D eigenvalue weighted by Gasteiger charge is 2.32. The summed E-state index contributed by atoms with van der Waals surface area (Å²) in [5, 5.41) is 5.68. The first-order valence-corrected chi connectivity index (χ1v) is 10.9. The fourth-order valence-electron chi connectivity index (χ4n) is 3.89. The normalized spacial score (nSPS) is 15.0. The van der Waals surface area contributed by atoms with E-state index in [2.05, 4.69) is 15.6 Å². The lowest BCUT2D eigenvalue weighted by atomic mass is 9.94. The SMILES string of the molecule is COCCN(C(=O)CNC(=O)c1ccco1)[C@H](C(=O)NC1CCCCC1)c1ccncc1. The fourth-order valence-corrected chi connectivity index (χ4v) is 3.89. The van der Waals surface area contributed by atoms with Crippen LogP contribution in [0.2, 0.25) is 0 Å². The molecule has 2 heterocycles. The summed E-state index contributed by atoms with van der Waals surface area (Å²) in [6.07, 6.45) is 9.76. The van der Waals surface area contributed by atoms with E-state index in [1.165, 1.54) is 30.8 Å². The Morgan fingerprint density at radius 3 is 2.59 bits per heavy atom. The maximum absolute atomic E-state index is 13.4. The average molecular weight is 443 g/mol. The number of ether oxygens (including phenoxy) is 1. The maximum atomic E-state index is 13.4. The summed E-state index contributed by atoms with van der Waals surface area (Å²) in [4.78, 5) is 44.2. The first-order chi connectivity index (χ1) is 15.6. The van der Waals surface area contributed by atoms with Crippen LogP contribution in [0.15, 0.2) is 47.3 Å². The highest BCUT2D eigenvalue weighted by Crippen LogP contribution is 2.23. The number of nitrogens with one attached hydrogen (secondary N) is 2. The van der Waals surface area contributed by atoms with Crippen LogP contribution in [-0.2, 0) is 14.3 Å². The van der Waals surface area contributed by atoms with Crippen LogP contribution in [0.25, 0.3) is 0 Å². The number of amides is 3. The van der Waals surface area contributed by atoms with Gasteiger partial charge in [-0.15, -0.1) is 0 Å². The molecule has 0 spiro atoms. The molecule has 1 fully saturated rings. The summed E-state index contributed by atoms with van der Waals surface area (Å²) in [5.74, 6) is -1.03. The molecule has 9 heteroatoms. The summed E-state index contributed by atoms with van der Waals surface area (Å²) in [6, 6.07) is 5.79. The van der Waals surface area contributed by atoms with Gasteiger partial charge in [0, 0.05) is 32.1 Å². The van der Waals surface area contributed by atoms with Gasteiger partial charge >= 0.3 is 0 Å². The zero-order valence-electron chi connectivity index (χ0n) is 18.3. The molecule has 0 unspecified atom stereocenters. The van der Waals surface area contributed by atoms with Gasteiger partial charge in [0.1, 0.15) is 6.04 Å². The van der Waals surface area contributed by atoms with Gasteiger partial charge in [0.15, 0.2) is 5.76 Å². The summed E-state index contributed by atoms with van der Waals surface area (Å²) in [7, 11) is 1.53. The lowest BCUT2D eigenvalue weighted by Gasteiger charge is -2.33. The molecule has 2 N–H and O–H groups in total. The minimum atomic E-state index is -0.858. The zero-order valence-corrected chi connectivity index (χ0v) is 18.3. The van der Waals surface area contributed by atoms with E-state index >= 15 is 0 Å². The van der Waals surface area contributed by atoms with Crippen molar-refractivity contribution in [1.82, 2.24) is 20.5 Å². The van der Waals surface area contributed by atoms with Crippen LogP contribution in [-0.4, -0.2) is 60.5 Å². The largest absolute Gasteiger partial charge is 0.459 e. The molecule has 2 aromatic rings. The molecule has 0 aromatic carbocycles. The molecular weight excluding hydrogens is 412 g/mol. The molecule has 1 aliphatic rings. The van der Waals surface area contributed by atoms with Crippen molar-refractivity contribution in [2.45, 2.75) is 44.2 Å². The van der Waals surface area contributed by atoms with Gasteiger partial charge in [-0.1, -0.05) is 19.3 Å². The van der Waals surface area contributed by atoms with Crippen LogP contribution in [0.5, 0.6) is 0 Å². The quantitative estimate of drug-likeness (QED) is 0.582. The molecule has 9 nitrogen and oxygen atoms in total. The van der Waals surface area contributed by atoms with Crippen molar-refractivity contribution >= 4 is 17.7 Å². The monoisotopic (exact) mass is 442 g/mol. The number of aromatic nitrogens is 1. The van der Waals surface area contributed by atoms with Crippen LogP contribution >= 0.6 is 0 Å². The van der Waals surface area contributed by atoms with E-state index in [0.717, 1.165) is 25.7 Å². The number of hydrogen-bond donors (Lipinski definition) is 2. The topological polar surface area (TPSA) is 114 Å². The number of carbonyl (C=O) groups excluding carboxylic acids is 3. The van der Waals surface area contributed by atoms with Crippen LogP contribution in [0.4, 0.5) is 0 Å². The molecular formula is C23H30N4O5. The molecule has 1 saturated carbocycles. The Bertz CT molecular complexity index is 866. The number of rotatable bonds is 10. The second-order valence-electron chi connectivity index (χ2n) is 7.77. The minimum absolute atomic E-state index is 0.0959. The number of pyridine rings is 1. The highest BCUT2D eigenvalue weighted by atomic mass is 16.5. The standard InChI is InChI=1S/C23H30N4O5/c1-31-15-13-27(20(28)16-25-22(29)19-8-5-14-32-19)21(17-9-11-24-12-10-17)23(30)26-18-6-3-2-4-7-18/h5,8-12,14,18,21H,2-4,6-7,13,15-16H2,1H3,(H,25,29)(H,26,30)/t21-/m0/s1. The zero-order chi connectivity index (χ0) is 22.8. The van der Waals surface area contributed by atoms with Crippen LogP contribution in [0, 0.1) is 0 Å². The molecule has 0 bridgehead atoms. The van der Waals surface area contributed by atoms with Gasteiger partial charge in [-0.3, -0.25) is 19.4 Å². The molecule has 1 atom stereocenters. The predicted octanol–water partition coefficient (Wildman–Crippen LogP) is 2.07. The molecule has 172 valence electrons. The number of hydrogen-bond acceptors (Lipinski definition) is 6. The summed E-state index contributed by atoms with van der Waals surface area (Å²) < 4.78 is 10.2. The highest BCUT2D eigenvalue weighted by molar-refractivity contribution is 5.95. The third-order valence-electron chi connectivity index (χ3n) is 5.54. The van der Waals surface area contributed by atoms with Crippen molar-refractivity contribution in [1.29, 1.82) is 0 Å². The Balaban J connectivity index is 1.78. The van der Waals surface area contributed by atoms with E-state index < -0.39 is 17.9 Å². The van der Waals surface area contributed by atoms with E-state index in [1.807, 2.05) is 0 Å². The number of carbonyl (C=O) groups is 3. The molecule has 0 radical (unpaired) electrons. The third kappa shape index (κ3) is 6.40. The Morgan fingerprint density at radius 2 is 1.94 bits per heavy atom. The maximum Gasteiger partial charge on any atom is 0.287 e. The summed E-state index contributed by atoms with van der Waals surface area (Å²) >= 11 is 0. The van der Waals surface area contributed by atoms with Gasteiger partial charge in [0.2, 0.25) is 11.8 Å². The predicted molar refractivity (Wildman–Crippen MR) is 117 cm³/mol. The first kappa shape index (κ1) is 23.5. The van der Waals surface area contributed by atoms with Gasteiger partial charge in [-0.2, -0.15) is 0 Å². The van der Waals surface area contributed by atoms with Gasteiger partial charge < -0.3 is 24.7 Å². The summed E-state index contributed by atoms with van der Waals surface area (Å²) in [5.41, 5.74) is 0.648. The Hall–Kier alpha value is -3.20. The average Bonchev–Trinajstić information content (AvgIpc) is 3.36. The van der Waals surface area contributed by atoms with Crippen LogP contribution in [0.1, 0.15) is 54.3 Å². The van der Waals surface area contributed by atoms with Crippen LogP contribution in [0.3, 0.4) is 0 Å². The van der Waals surface area contributed by atoms with Crippen molar-refractivity contribution in [2.75, 3.05) is 26.8 Å². The number of furan rings is 1. The van der Waals surface area contributed by atoms with Crippen molar-refractivity contribution in [3.8, 4) is 0 Å². The third-order valence-corrected chi connectivity index (χ3v) is 5.54. The molecule has 2 aromatic heterocycles. The molecule has 32 heavy (non-hydrogen) atoms. The minimum Gasteiger partial charge on any atom is -0.459 e. The fraction of sp³-hybridized carbons (Fsp3) is 0.478. The lowest BCUT2D eigenvalue weighted by Crippen LogP contribution is -2.50. The second-order valence-corrected chi connectivity index (χ2v) is 7.77. The van der Waals surface area contributed by atoms with Crippen molar-refractivity contribution < 1.29 is 23.5 Å². The molecule has 0 aliphatic heterocycles.